The Hall–Kier alpha value is -0.0900. The second-order valence-electron chi connectivity index (χ2n) is 3.14. The third-order valence-electron chi connectivity index (χ3n) is 1.64. The molecule has 0 saturated heterocycles. The van der Waals surface area contributed by atoms with Crippen LogP contribution in [0.1, 0.15) is 11.8 Å². The van der Waals surface area contributed by atoms with Crippen molar-refractivity contribution in [1.29, 1.82) is 0 Å². The van der Waals surface area contributed by atoms with E-state index in [-0.39, 0.29) is 6.04 Å². The van der Waals surface area contributed by atoms with E-state index in [4.69, 9.17) is 17.3 Å². The highest BCUT2D eigenvalue weighted by molar-refractivity contribution is 7.16. The van der Waals surface area contributed by atoms with Crippen LogP contribution in [0.15, 0.2) is 12.1 Å². The standard InChI is InChI=1S/C9H15ClN2S/c1-7(11)6-12-5-4-8-2-3-9(10)13-8/h2-3,7,12H,4-6,11H2,1H3. The first-order valence-corrected chi connectivity index (χ1v) is 5.58. The van der Waals surface area contributed by atoms with Gasteiger partial charge in [0.2, 0.25) is 0 Å². The number of halogens is 1. The number of nitrogens with two attached hydrogens (primary N) is 1. The quantitative estimate of drug-likeness (QED) is 0.741. The van der Waals surface area contributed by atoms with Gasteiger partial charge in [0.25, 0.3) is 0 Å². The van der Waals surface area contributed by atoms with E-state index in [1.54, 1.807) is 11.3 Å². The van der Waals surface area contributed by atoms with Crippen LogP contribution in [-0.4, -0.2) is 19.1 Å². The topological polar surface area (TPSA) is 38.0 Å². The summed E-state index contributed by atoms with van der Waals surface area (Å²) in [6.07, 6.45) is 1.03. The average Bonchev–Trinajstić information content (AvgIpc) is 2.45. The van der Waals surface area contributed by atoms with Crippen molar-refractivity contribution < 1.29 is 0 Å². The Labute approximate surface area is 88.1 Å². The number of hydrogen-bond donors (Lipinski definition) is 2. The van der Waals surface area contributed by atoms with Crippen molar-refractivity contribution in [2.45, 2.75) is 19.4 Å². The minimum absolute atomic E-state index is 0.229. The third-order valence-corrected chi connectivity index (χ3v) is 2.93. The molecule has 0 amide bonds. The van der Waals surface area contributed by atoms with Gasteiger partial charge in [-0.3, -0.25) is 0 Å². The Kier molecular flexibility index (Phi) is 4.73. The number of nitrogens with one attached hydrogen (secondary N) is 1. The Balaban J connectivity index is 2.13. The highest BCUT2D eigenvalue weighted by Crippen LogP contribution is 2.21. The Morgan fingerprint density at radius 2 is 2.38 bits per heavy atom. The van der Waals surface area contributed by atoms with E-state index in [1.807, 2.05) is 13.0 Å². The molecule has 0 aliphatic carbocycles. The first-order valence-electron chi connectivity index (χ1n) is 4.39. The summed E-state index contributed by atoms with van der Waals surface area (Å²) in [5, 5.41) is 3.28. The van der Waals surface area contributed by atoms with Crippen LogP contribution in [0.5, 0.6) is 0 Å². The molecule has 0 aliphatic heterocycles. The van der Waals surface area contributed by atoms with Gasteiger partial charge in [0, 0.05) is 24.0 Å². The highest BCUT2D eigenvalue weighted by atomic mass is 35.5. The fraction of sp³-hybridized carbons (Fsp3) is 0.556. The van der Waals surface area contributed by atoms with Crippen LogP contribution in [0.3, 0.4) is 0 Å². The summed E-state index contributed by atoms with van der Waals surface area (Å²) in [6, 6.07) is 4.24. The van der Waals surface area contributed by atoms with Gasteiger partial charge in [0.05, 0.1) is 4.34 Å². The van der Waals surface area contributed by atoms with Crippen molar-refractivity contribution in [2.75, 3.05) is 13.1 Å². The molecule has 0 radical (unpaired) electrons. The SMILES string of the molecule is CC(N)CNCCc1ccc(Cl)s1. The lowest BCUT2D eigenvalue weighted by Gasteiger charge is -2.05. The molecule has 13 heavy (non-hydrogen) atoms. The zero-order chi connectivity index (χ0) is 9.68. The van der Waals surface area contributed by atoms with Crippen LogP contribution in [-0.2, 0) is 6.42 Å². The molecule has 0 spiro atoms. The summed E-state index contributed by atoms with van der Waals surface area (Å²) in [5.74, 6) is 0. The van der Waals surface area contributed by atoms with Crippen LogP contribution in [0, 0.1) is 0 Å². The maximum Gasteiger partial charge on any atom is 0.0931 e. The first-order chi connectivity index (χ1) is 6.18. The highest BCUT2D eigenvalue weighted by Gasteiger charge is 1.97. The summed E-state index contributed by atoms with van der Waals surface area (Å²) >= 11 is 7.44. The van der Waals surface area contributed by atoms with Crippen LogP contribution in [0.2, 0.25) is 4.34 Å². The molecule has 0 saturated carbocycles. The zero-order valence-corrected chi connectivity index (χ0v) is 9.29. The maximum atomic E-state index is 5.80. The smallest absolute Gasteiger partial charge is 0.0931 e. The minimum Gasteiger partial charge on any atom is -0.327 e. The molecule has 1 atom stereocenters. The number of rotatable bonds is 5. The Morgan fingerprint density at radius 3 is 2.92 bits per heavy atom. The fourth-order valence-electron chi connectivity index (χ4n) is 1.03. The van der Waals surface area contributed by atoms with E-state index in [0.717, 1.165) is 23.8 Å². The molecule has 3 N–H and O–H groups in total. The van der Waals surface area contributed by atoms with Gasteiger partial charge in [-0.15, -0.1) is 11.3 Å². The van der Waals surface area contributed by atoms with E-state index in [9.17, 15) is 0 Å². The lowest BCUT2D eigenvalue weighted by Crippen LogP contribution is -2.32. The summed E-state index contributed by atoms with van der Waals surface area (Å²) in [6.45, 7) is 3.84. The van der Waals surface area contributed by atoms with Gasteiger partial charge in [0.1, 0.15) is 0 Å². The minimum atomic E-state index is 0.229. The molecule has 0 aromatic carbocycles. The summed E-state index contributed by atoms with van der Waals surface area (Å²) in [7, 11) is 0. The summed E-state index contributed by atoms with van der Waals surface area (Å²) < 4.78 is 0.863. The molecular weight excluding hydrogens is 204 g/mol. The van der Waals surface area contributed by atoms with Crippen LogP contribution >= 0.6 is 22.9 Å². The lowest BCUT2D eigenvalue weighted by atomic mass is 10.3. The van der Waals surface area contributed by atoms with E-state index < -0.39 is 0 Å². The van der Waals surface area contributed by atoms with Crippen molar-refractivity contribution in [3.05, 3.63) is 21.3 Å². The van der Waals surface area contributed by atoms with Gasteiger partial charge in [-0.1, -0.05) is 11.6 Å². The second-order valence-corrected chi connectivity index (χ2v) is 4.94. The normalized spacial score (nSPS) is 13.2. The molecule has 1 rings (SSSR count). The van der Waals surface area contributed by atoms with E-state index in [1.165, 1.54) is 4.88 Å². The third kappa shape index (κ3) is 4.62. The van der Waals surface area contributed by atoms with E-state index in [2.05, 4.69) is 11.4 Å². The number of hydrogen-bond acceptors (Lipinski definition) is 3. The summed E-state index contributed by atoms with van der Waals surface area (Å²) in [4.78, 5) is 1.32. The van der Waals surface area contributed by atoms with E-state index >= 15 is 0 Å². The average molecular weight is 219 g/mol. The van der Waals surface area contributed by atoms with Gasteiger partial charge < -0.3 is 11.1 Å². The molecule has 1 heterocycles. The van der Waals surface area contributed by atoms with Gasteiger partial charge in [-0.25, -0.2) is 0 Å². The monoisotopic (exact) mass is 218 g/mol. The largest absolute Gasteiger partial charge is 0.327 e. The molecule has 1 unspecified atom stereocenters. The van der Waals surface area contributed by atoms with Gasteiger partial charge in [-0.05, 0) is 25.5 Å². The lowest BCUT2D eigenvalue weighted by molar-refractivity contribution is 0.610. The van der Waals surface area contributed by atoms with Crippen LogP contribution in [0.4, 0.5) is 0 Å². The molecule has 4 heteroatoms. The molecule has 74 valence electrons. The second kappa shape index (κ2) is 5.60. The fourth-order valence-corrected chi connectivity index (χ4v) is 2.11. The van der Waals surface area contributed by atoms with Crippen molar-refractivity contribution in [1.82, 2.24) is 5.32 Å². The van der Waals surface area contributed by atoms with Crippen molar-refractivity contribution >= 4 is 22.9 Å². The first kappa shape index (κ1) is 11.0. The van der Waals surface area contributed by atoms with Crippen LogP contribution < -0.4 is 11.1 Å². The zero-order valence-electron chi connectivity index (χ0n) is 7.72. The van der Waals surface area contributed by atoms with Crippen molar-refractivity contribution in [3.63, 3.8) is 0 Å². The molecule has 0 fully saturated rings. The molecule has 1 aromatic heterocycles. The van der Waals surface area contributed by atoms with Gasteiger partial charge in [-0.2, -0.15) is 0 Å². The van der Waals surface area contributed by atoms with Gasteiger partial charge >= 0.3 is 0 Å². The molecular formula is C9H15ClN2S. The van der Waals surface area contributed by atoms with Crippen molar-refractivity contribution in [2.24, 2.45) is 5.73 Å². The van der Waals surface area contributed by atoms with E-state index in [0.29, 0.717) is 0 Å². The molecule has 0 bridgehead atoms. The molecule has 0 aliphatic rings. The Morgan fingerprint density at radius 1 is 1.62 bits per heavy atom. The number of thiophene rings is 1. The van der Waals surface area contributed by atoms with Gasteiger partial charge in [0.15, 0.2) is 0 Å². The van der Waals surface area contributed by atoms with Crippen LogP contribution in [0.25, 0.3) is 0 Å². The Bertz CT molecular complexity index is 248. The predicted molar refractivity (Wildman–Crippen MR) is 59.6 cm³/mol. The molecule has 2 nitrogen and oxygen atoms in total. The summed E-state index contributed by atoms with van der Waals surface area (Å²) in [5.41, 5.74) is 5.59. The maximum absolute atomic E-state index is 5.80. The predicted octanol–water partition coefficient (Wildman–Crippen LogP) is 1.88. The van der Waals surface area contributed by atoms with Crippen molar-refractivity contribution in [3.8, 4) is 0 Å². The molecule has 1 aromatic rings.